The smallest absolute Gasteiger partial charge is 0.189 e. The van der Waals surface area contributed by atoms with Crippen LogP contribution in [0.25, 0.3) is 0 Å². The number of hydrogen-bond donors (Lipinski definition) is 1. The summed E-state index contributed by atoms with van der Waals surface area (Å²) in [5.74, 6) is 0.856. The lowest BCUT2D eigenvalue weighted by Crippen LogP contribution is -2.18. The highest BCUT2D eigenvalue weighted by atomic mass is 32.1. The number of hydrogen-bond acceptors (Lipinski definition) is 6. The molecule has 0 unspecified atom stereocenters. The van der Waals surface area contributed by atoms with Crippen LogP contribution in [0.1, 0.15) is 5.69 Å². The third-order valence-corrected chi connectivity index (χ3v) is 4.04. The van der Waals surface area contributed by atoms with Gasteiger partial charge in [-0.2, -0.15) is 0 Å². The monoisotopic (exact) mass is 307 g/mol. The number of nitrogens with one attached hydrogen (secondary N) is 1. The van der Waals surface area contributed by atoms with Gasteiger partial charge in [-0.25, -0.2) is 4.98 Å². The number of benzene rings is 1. The molecule has 0 aliphatic rings. The molecule has 114 valence electrons. The van der Waals surface area contributed by atoms with Crippen molar-refractivity contribution in [1.29, 1.82) is 0 Å². The number of thiazole rings is 1. The predicted octanol–water partition coefficient (Wildman–Crippen LogP) is 2.66. The minimum absolute atomic E-state index is 0.711. The van der Waals surface area contributed by atoms with Crippen LogP contribution in [0.15, 0.2) is 29.6 Å². The van der Waals surface area contributed by atoms with Crippen molar-refractivity contribution in [2.45, 2.75) is 6.54 Å². The molecule has 0 fully saturated rings. The molecule has 6 heteroatoms. The van der Waals surface area contributed by atoms with Gasteiger partial charge in [0.2, 0.25) is 0 Å². The summed E-state index contributed by atoms with van der Waals surface area (Å²) >= 11 is 1.64. The van der Waals surface area contributed by atoms with Crippen LogP contribution >= 0.6 is 11.3 Å². The van der Waals surface area contributed by atoms with Crippen molar-refractivity contribution in [3.63, 3.8) is 0 Å². The van der Waals surface area contributed by atoms with Gasteiger partial charge in [0.15, 0.2) is 5.13 Å². The molecular weight excluding hydrogens is 286 g/mol. The fourth-order valence-corrected chi connectivity index (χ4v) is 2.65. The van der Waals surface area contributed by atoms with Gasteiger partial charge in [-0.3, -0.25) is 0 Å². The summed E-state index contributed by atoms with van der Waals surface area (Å²) in [6.07, 6.45) is 0. The van der Waals surface area contributed by atoms with Gasteiger partial charge < -0.3 is 19.7 Å². The highest BCUT2D eigenvalue weighted by molar-refractivity contribution is 7.13. The van der Waals surface area contributed by atoms with E-state index in [9.17, 15) is 0 Å². The molecule has 0 saturated carbocycles. The Bertz CT molecular complexity index is 542. The van der Waals surface area contributed by atoms with Crippen molar-refractivity contribution >= 4 is 22.2 Å². The van der Waals surface area contributed by atoms with Gasteiger partial charge in [0.05, 0.1) is 19.4 Å². The molecule has 1 N–H and O–H groups in total. The summed E-state index contributed by atoms with van der Waals surface area (Å²) in [5.41, 5.74) is 2.13. The number of methoxy groups -OCH3 is 2. The average Bonchev–Trinajstić information content (AvgIpc) is 3.00. The maximum Gasteiger partial charge on any atom is 0.189 e. The SMILES string of the molecule is COCCNCc1csc(N(C)c2ccc(OC)cc2)n1. The summed E-state index contributed by atoms with van der Waals surface area (Å²) in [5, 5.41) is 6.35. The summed E-state index contributed by atoms with van der Waals surface area (Å²) in [7, 11) is 5.39. The van der Waals surface area contributed by atoms with Gasteiger partial charge in [0.1, 0.15) is 5.75 Å². The van der Waals surface area contributed by atoms with E-state index in [4.69, 9.17) is 9.47 Å². The van der Waals surface area contributed by atoms with E-state index >= 15 is 0 Å². The van der Waals surface area contributed by atoms with Gasteiger partial charge in [-0.1, -0.05) is 0 Å². The number of ether oxygens (including phenoxy) is 2. The zero-order chi connectivity index (χ0) is 15.1. The molecule has 0 aliphatic carbocycles. The molecule has 21 heavy (non-hydrogen) atoms. The molecule has 0 radical (unpaired) electrons. The van der Waals surface area contributed by atoms with Gasteiger partial charge in [0, 0.05) is 38.3 Å². The van der Waals surface area contributed by atoms with Gasteiger partial charge in [-0.15, -0.1) is 11.3 Å². The van der Waals surface area contributed by atoms with Crippen LogP contribution < -0.4 is 15.0 Å². The van der Waals surface area contributed by atoms with Crippen molar-refractivity contribution in [2.24, 2.45) is 0 Å². The zero-order valence-electron chi connectivity index (χ0n) is 12.6. The molecule has 0 bridgehead atoms. The van der Waals surface area contributed by atoms with Crippen LogP contribution in [0.3, 0.4) is 0 Å². The average molecular weight is 307 g/mol. The third-order valence-electron chi connectivity index (χ3n) is 3.08. The Morgan fingerprint density at radius 2 is 2.00 bits per heavy atom. The Balaban J connectivity index is 1.95. The van der Waals surface area contributed by atoms with E-state index in [2.05, 4.69) is 20.6 Å². The van der Waals surface area contributed by atoms with Crippen LogP contribution in [-0.2, 0) is 11.3 Å². The Morgan fingerprint density at radius 3 is 2.67 bits per heavy atom. The molecule has 5 nitrogen and oxygen atoms in total. The summed E-state index contributed by atoms with van der Waals surface area (Å²) in [6, 6.07) is 7.95. The Morgan fingerprint density at radius 1 is 1.24 bits per heavy atom. The quantitative estimate of drug-likeness (QED) is 0.760. The first-order valence-corrected chi connectivity index (χ1v) is 7.64. The normalized spacial score (nSPS) is 10.6. The number of aromatic nitrogens is 1. The first kappa shape index (κ1) is 15.8. The second kappa shape index (κ2) is 7.97. The fourth-order valence-electron chi connectivity index (χ4n) is 1.84. The van der Waals surface area contributed by atoms with Crippen molar-refractivity contribution < 1.29 is 9.47 Å². The van der Waals surface area contributed by atoms with Crippen LogP contribution in [0.2, 0.25) is 0 Å². The van der Waals surface area contributed by atoms with E-state index in [1.807, 2.05) is 31.3 Å². The molecule has 2 rings (SSSR count). The van der Waals surface area contributed by atoms with Gasteiger partial charge >= 0.3 is 0 Å². The van der Waals surface area contributed by atoms with E-state index in [1.165, 1.54) is 0 Å². The summed E-state index contributed by atoms with van der Waals surface area (Å²) in [4.78, 5) is 6.71. The molecule has 1 heterocycles. The van der Waals surface area contributed by atoms with Crippen molar-refractivity contribution in [3.8, 4) is 5.75 Å². The maximum atomic E-state index is 5.17. The standard InChI is InChI=1S/C15H21N3O2S/c1-18(13-4-6-14(20-3)7-5-13)15-17-12(11-21-15)10-16-8-9-19-2/h4-7,11,16H,8-10H2,1-3H3. The molecule has 1 aromatic heterocycles. The van der Waals surface area contributed by atoms with Crippen LogP contribution in [0.4, 0.5) is 10.8 Å². The molecule has 1 aromatic carbocycles. The first-order chi connectivity index (χ1) is 10.2. The number of nitrogens with zero attached hydrogens (tertiary/aromatic N) is 2. The van der Waals surface area contributed by atoms with E-state index < -0.39 is 0 Å². The van der Waals surface area contributed by atoms with Crippen LogP contribution in [-0.4, -0.2) is 39.4 Å². The van der Waals surface area contributed by atoms with Crippen LogP contribution in [0, 0.1) is 0 Å². The second-order valence-corrected chi connectivity index (χ2v) is 5.38. The van der Waals surface area contributed by atoms with E-state index in [1.54, 1.807) is 25.6 Å². The van der Waals surface area contributed by atoms with E-state index in [-0.39, 0.29) is 0 Å². The highest BCUT2D eigenvalue weighted by Gasteiger charge is 2.09. The molecule has 0 atom stereocenters. The van der Waals surface area contributed by atoms with Crippen molar-refractivity contribution in [1.82, 2.24) is 10.3 Å². The summed E-state index contributed by atoms with van der Waals surface area (Å²) < 4.78 is 10.2. The van der Waals surface area contributed by atoms with Crippen molar-refractivity contribution in [3.05, 3.63) is 35.3 Å². The first-order valence-electron chi connectivity index (χ1n) is 6.76. The van der Waals surface area contributed by atoms with Gasteiger partial charge in [-0.05, 0) is 24.3 Å². The zero-order valence-corrected chi connectivity index (χ0v) is 13.4. The predicted molar refractivity (Wildman–Crippen MR) is 86.8 cm³/mol. The largest absolute Gasteiger partial charge is 0.497 e. The molecule has 0 saturated heterocycles. The third kappa shape index (κ3) is 4.42. The molecular formula is C15H21N3O2S. The van der Waals surface area contributed by atoms with E-state index in [0.717, 1.165) is 35.4 Å². The van der Waals surface area contributed by atoms with Gasteiger partial charge in [0.25, 0.3) is 0 Å². The fraction of sp³-hybridized carbons (Fsp3) is 0.400. The van der Waals surface area contributed by atoms with Crippen molar-refractivity contribution in [2.75, 3.05) is 39.3 Å². The number of rotatable bonds is 8. The minimum Gasteiger partial charge on any atom is -0.497 e. The lowest BCUT2D eigenvalue weighted by Gasteiger charge is -2.16. The summed E-state index contributed by atoms with van der Waals surface area (Å²) in [6.45, 7) is 2.30. The molecule has 0 amide bonds. The highest BCUT2D eigenvalue weighted by Crippen LogP contribution is 2.28. The molecule has 0 aliphatic heterocycles. The Kier molecular flexibility index (Phi) is 5.98. The van der Waals surface area contributed by atoms with E-state index in [0.29, 0.717) is 6.61 Å². The number of anilines is 2. The Hall–Kier alpha value is -1.63. The molecule has 2 aromatic rings. The topological polar surface area (TPSA) is 46.6 Å². The Labute approximate surface area is 129 Å². The lowest BCUT2D eigenvalue weighted by molar-refractivity contribution is 0.199. The van der Waals surface area contributed by atoms with Crippen LogP contribution in [0.5, 0.6) is 5.75 Å². The molecule has 0 spiro atoms. The lowest BCUT2D eigenvalue weighted by atomic mass is 10.3. The minimum atomic E-state index is 0.711. The second-order valence-electron chi connectivity index (χ2n) is 4.55. The maximum absolute atomic E-state index is 5.17.